The largest absolute Gasteiger partial charge is 0.496 e. The van der Waals surface area contributed by atoms with Gasteiger partial charge in [-0.2, -0.15) is 0 Å². The molecule has 94 valence electrons. The van der Waals surface area contributed by atoms with Crippen LogP contribution in [-0.2, 0) is 0 Å². The number of aryl methyl sites for hydroxylation is 1. The molecule has 2 nitrogen and oxygen atoms in total. The summed E-state index contributed by atoms with van der Waals surface area (Å²) in [7, 11) is 1.72. The molecule has 1 aromatic rings. The topological polar surface area (TPSA) is 21.3 Å². The van der Waals surface area contributed by atoms with Crippen LogP contribution in [0.5, 0.6) is 5.75 Å². The third-order valence-corrected chi connectivity index (χ3v) is 2.80. The van der Waals surface area contributed by atoms with E-state index in [-0.39, 0.29) is 0 Å². The monoisotopic (exact) mass is 233 g/mol. The summed E-state index contributed by atoms with van der Waals surface area (Å²) in [5, 5.41) is 3.54. The first-order chi connectivity index (χ1) is 8.22. The Morgan fingerprint density at radius 1 is 1.47 bits per heavy atom. The highest BCUT2D eigenvalue weighted by Crippen LogP contribution is 2.28. The number of rotatable bonds is 7. The molecule has 1 N–H and O–H groups in total. The maximum atomic E-state index is 5.43. The van der Waals surface area contributed by atoms with Crippen molar-refractivity contribution in [3.05, 3.63) is 42.0 Å². The van der Waals surface area contributed by atoms with Gasteiger partial charge in [0.25, 0.3) is 0 Å². The Balaban J connectivity index is 2.97. The van der Waals surface area contributed by atoms with E-state index < -0.39 is 0 Å². The first kappa shape index (κ1) is 13.8. The van der Waals surface area contributed by atoms with E-state index in [0.717, 1.165) is 25.1 Å². The summed E-state index contributed by atoms with van der Waals surface area (Å²) >= 11 is 0. The van der Waals surface area contributed by atoms with Gasteiger partial charge < -0.3 is 10.1 Å². The number of hydrogen-bond donors (Lipinski definition) is 1. The van der Waals surface area contributed by atoms with E-state index >= 15 is 0 Å². The van der Waals surface area contributed by atoms with Crippen LogP contribution in [0.4, 0.5) is 0 Å². The molecule has 1 atom stereocenters. The molecular formula is C15H23NO. The zero-order valence-corrected chi connectivity index (χ0v) is 11.1. The molecule has 0 saturated carbocycles. The number of methoxy groups -OCH3 is 1. The van der Waals surface area contributed by atoms with E-state index in [9.17, 15) is 0 Å². The lowest BCUT2D eigenvalue weighted by Gasteiger charge is -2.20. The summed E-state index contributed by atoms with van der Waals surface area (Å²) in [6.07, 6.45) is 4.00. The molecule has 0 aromatic heterocycles. The Morgan fingerprint density at radius 3 is 2.82 bits per heavy atom. The van der Waals surface area contributed by atoms with Gasteiger partial charge in [-0.05, 0) is 32.4 Å². The molecule has 0 aliphatic heterocycles. The van der Waals surface area contributed by atoms with Gasteiger partial charge in [-0.3, -0.25) is 0 Å². The van der Waals surface area contributed by atoms with Crippen LogP contribution in [0.3, 0.4) is 0 Å². The van der Waals surface area contributed by atoms with E-state index in [1.165, 1.54) is 11.1 Å². The zero-order chi connectivity index (χ0) is 12.7. The van der Waals surface area contributed by atoms with Crippen LogP contribution in [0, 0.1) is 6.92 Å². The van der Waals surface area contributed by atoms with Crippen LogP contribution in [0.2, 0.25) is 0 Å². The lowest BCUT2D eigenvalue weighted by Crippen LogP contribution is -2.22. The quantitative estimate of drug-likeness (QED) is 0.726. The molecule has 0 fully saturated rings. The van der Waals surface area contributed by atoms with Crippen LogP contribution in [0.25, 0.3) is 0 Å². The Morgan fingerprint density at radius 2 is 2.24 bits per heavy atom. The smallest absolute Gasteiger partial charge is 0.123 e. The van der Waals surface area contributed by atoms with Gasteiger partial charge in [0.1, 0.15) is 5.75 Å². The SMILES string of the molecule is C=CCC(NCCC)c1cc(C)ccc1OC. The van der Waals surface area contributed by atoms with Crippen molar-refractivity contribution in [3.8, 4) is 5.75 Å². The van der Waals surface area contributed by atoms with E-state index in [4.69, 9.17) is 4.74 Å². The molecular weight excluding hydrogens is 210 g/mol. The fourth-order valence-electron chi connectivity index (χ4n) is 1.93. The van der Waals surface area contributed by atoms with Crippen molar-refractivity contribution in [2.75, 3.05) is 13.7 Å². The third-order valence-electron chi connectivity index (χ3n) is 2.80. The molecule has 0 spiro atoms. The normalized spacial score (nSPS) is 12.2. The van der Waals surface area contributed by atoms with Gasteiger partial charge in [0.2, 0.25) is 0 Å². The minimum absolute atomic E-state index is 0.294. The summed E-state index contributed by atoms with van der Waals surface area (Å²) in [4.78, 5) is 0. The lowest BCUT2D eigenvalue weighted by atomic mass is 10.00. The predicted molar refractivity (Wildman–Crippen MR) is 73.6 cm³/mol. The average Bonchev–Trinajstić information content (AvgIpc) is 2.34. The molecule has 0 saturated heterocycles. The van der Waals surface area contributed by atoms with Crippen molar-refractivity contribution in [1.29, 1.82) is 0 Å². The highest BCUT2D eigenvalue weighted by molar-refractivity contribution is 5.39. The lowest BCUT2D eigenvalue weighted by molar-refractivity contribution is 0.398. The molecule has 0 heterocycles. The van der Waals surface area contributed by atoms with E-state index in [1.807, 2.05) is 12.1 Å². The summed E-state index contributed by atoms with van der Waals surface area (Å²) in [6, 6.07) is 6.60. The molecule has 0 aliphatic carbocycles. The van der Waals surface area contributed by atoms with Gasteiger partial charge in [0, 0.05) is 11.6 Å². The van der Waals surface area contributed by atoms with Crippen LogP contribution in [-0.4, -0.2) is 13.7 Å². The Hall–Kier alpha value is -1.28. The second kappa shape index (κ2) is 7.13. The van der Waals surface area contributed by atoms with Crippen molar-refractivity contribution < 1.29 is 4.74 Å². The Kier molecular flexibility index (Phi) is 5.78. The van der Waals surface area contributed by atoms with Crippen LogP contribution >= 0.6 is 0 Å². The van der Waals surface area contributed by atoms with Crippen molar-refractivity contribution >= 4 is 0 Å². The Bertz CT molecular complexity index is 360. The van der Waals surface area contributed by atoms with E-state index in [0.29, 0.717) is 6.04 Å². The minimum Gasteiger partial charge on any atom is -0.496 e. The minimum atomic E-state index is 0.294. The number of nitrogens with one attached hydrogen (secondary N) is 1. The summed E-state index contributed by atoms with van der Waals surface area (Å²) in [6.45, 7) is 9.12. The fourth-order valence-corrected chi connectivity index (χ4v) is 1.93. The molecule has 0 bridgehead atoms. The summed E-state index contributed by atoms with van der Waals surface area (Å²) < 4.78 is 5.43. The molecule has 0 radical (unpaired) electrons. The van der Waals surface area contributed by atoms with Gasteiger partial charge in [-0.25, -0.2) is 0 Å². The van der Waals surface area contributed by atoms with Crippen molar-refractivity contribution in [2.24, 2.45) is 0 Å². The molecule has 1 aromatic carbocycles. The number of benzene rings is 1. The first-order valence-electron chi connectivity index (χ1n) is 6.21. The predicted octanol–water partition coefficient (Wildman–Crippen LogP) is 3.62. The number of ether oxygens (including phenoxy) is 1. The molecule has 2 heteroatoms. The van der Waals surface area contributed by atoms with Crippen LogP contribution < -0.4 is 10.1 Å². The summed E-state index contributed by atoms with van der Waals surface area (Å²) in [5.74, 6) is 0.950. The molecule has 0 aliphatic rings. The molecule has 1 rings (SSSR count). The first-order valence-corrected chi connectivity index (χ1v) is 6.21. The molecule has 17 heavy (non-hydrogen) atoms. The second-order valence-corrected chi connectivity index (χ2v) is 4.28. The fraction of sp³-hybridized carbons (Fsp3) is 0.467. The van der Waals surface area contributed by atoms with Crippen LogP contribution in [0.15, 0.2) is 30.9 Å². The number of hydrogen-bond acceptors (Lipinski definition) is 2. The van der Waals surface area contributed by atoms with Crippen molar-refractivity contribution in [2.45, 2.75) is 32.7 Å². The van der Waals surface area contributed by atoms with Gasteiger partial charge in [-0.15, -0.1) is 6.58 Å². The van der Waals surface area contributed by atoms with Gasteiger partial charge in [0.05, 0.1) is 7.11 Å². The summed E-state index contributed by atoms with van der Waals surface area (Å²) in [5.41, 5.74) is 2.48. The van der Waals surface area contributed by atoms with Gasteiger partial charge in [0.15, 0.2) is 0 Å². The standard InChI is InChI=1S/C15H23NO/c1-5-7-14(16-10-6-2)13-11-12(3)8-9-15(13)17-4/h5,8-9,11,14,16H,1,6-7,10H2,2-4H3. The maximum absolute atomic E-state index is 5.43. The molecule has 0 amide bonds. The van der Waals surface area contributed by atoms with Crippen LogP contribution in [0.1, 0.15) is 36.9 Å². The highest BCUT2D eigenvalue weighted by atomic mass is 16.5. The molecule has 1 unspecified atom stereocenters. The van der Waals surface area contributed by atoms with Gasteiger partial charge in [-0.1, -0.05) is 30.7 Å². The van der Waals surface area contributed by atoms with Gasteiger partial charge >= 0.3 is 0 Å². The zero-order valence-electron chi connectivity index (χ0n) is 11.1. The van der Waals surface area contributed by atoms with E-state index in [1.54, 1.807) is 7.11 Å². The highest BCUT2D eigenvalue weighted by Gasteiger charge is 2.14. The van der Waals surface area contributed by atoms with Crippen molar-refractivity contribution in [1.82, 2.24) is 5.32 Å². The maximum Gasteiger partial charge on any atom is 0.123 e. The Labute approximate surface area is 105 Å². The van der Waals surface area contributed by atoms with Crippen molar-refractivity contribution in [3.63, 3.8) is 0 Å². The second-order valence-electron chi connectivity index (χ2n) is 4.28. The average molecular weight is 233 g/mol. The third kappa shape index (κ3) is 3.90. The van der Waals surface area contributed by atoms with E-state index in [2.05, 4.69) is 37.9 Å².